The Hall–Kier alpha value is -1.84. The van der Waals surface area contributed by atoms with Crippen LogP contribution in [0.15, 0.2) is 18.2 Å². The molecule has 1 aliphatic carbocycles. The Morgan fingerprint density at radius 3 is 1.95 bits per heavy atom. The van der Waals surface area contributed by atoms with Crippen LogP contribution in [-0.2, 0) is 4.79 Å². The van der Waals surface area contributed by atoms with Crippen LogP contribution < -0.4 is 0 Å². The first-order valence-electron chi connectivity index (χ1n) is 8.12. The van der Waals surface area contributed by atoms with Gasteiger partial charge in [0, 0.05) is 37.7 Å². The summed E-state index contributed by atoms with van der Waals surface area (Å²) in [6.45, 7) is 8.76. The van der Waals surface area contributed by atoms with Crippen LogP contribution in [0.3, 0.4) is 0 Å². The SMILES string of the molecule is Cc1cc(C)cc(C(=O)N2CCN(C(=O)[C@@H]3C[C@@H]3C)CC2)c1. The molecule has 0 unspecified atom stereocenters. The number of amides is 2. The lowest BCUT2D eigenvalue weighted by molar-refractivity contribution is -0.134. The van der Waals surface area contributed by atoms with Crippen LogP contribution in [-0.4, -0.2) is 47.8 Å². The van der Waals surface area contributed by atoms with Gasteiger partial charge in [0.25, 0.3) is 5.91 Å². The molecule has 0 spiro atoms. The fraction of sp³-hybridized carbons (Fsp3) is 0.556. The van der Waals surface area contributed by atoms with Crippen molar-refractivity contribution >= 4 is 11.8 Å². The predicted octanol–water partition coefficient (Wildman–Crippen LogP) is 2.24. The highest BCUT2D eigenvalue weighted by molar-refractivity contribution is 5.95. The van der Waals surface area contributed by atoms with Gasteiger partial charge in [-0.05, 0) is 38.3 Å². The largest absolute Gasteiger partial charge is 0.339 e. The quantitative estimate of drug-likeness (QED) is 0.840. The highest BCUT2D eigenvalue weighted by Crippen LogP contribution is 2.39. The van der Waals surface area contributed by atoms with E-state index in [-0.39, 0.29) is 17.7 Å². The molecule has 1 saturated carbocycles. The van der Waals surface area contributed by atoms with Crippen LogP contribution >= 0.6 is 0 Å². The topological polar surface area (TPSA) is 40.6 Å². The number of hydrogen-bond donors (Lipinski definition) is 0. The summed E-state index contributed by atoms with van der Waals surface area (Å²) >= 11 is 0. The normalized spacial score (nSPS) is 24.3. The van der Waals surface area contributed by atoms with Crippen LogP contribution in [0.5, 0.6) is 0 Å². The molecule has 2 fully saturated rings. The third-order valence-corrected chi connectivity index (χ3v) is 4.77. The molecule has 3 rings (SSSR count). The highest BCUT2D eigenvalue weighted by atomic mass is 16.2. The van der Waals surface area contributed by atoms with Gasteiger partial charge in [0.15, 0.2) is 0 Å². The molecule has 0 N–H and O–H groups in total. The summed E-state index contributed by atoms with van der Waals surface area (Å²) in [7, 11) is 0. The van der Waals surface area contributed by atoms with Crippen molar-refractivity contribution in [1.82, 2.24) is 9.80 Å². The summed E-state index contributed by atoms with van der Waals surface area (Å²) in [4.78, 5) is 28.6. The van der Waals surface area contributed by atoms with Crippen molar-refractivity contribution < 1.29 is 9.59 Å². The second-order valence-electron chi connectivity index (χ2n) is 6.81. The molecule has 1 aliphatic heterocycles. The van der Waals surface area contributed by atoms with E-state index in [0.717, 1.165) is 23.1 Å². The van der Waals surface area contributed by atoms with E-state index in [0.29, 0.717) is 32.1 Å². The average Bonchev–Trinajstić information content (AvgIpc) is 3.22. The average molecular weight is 300 g/mol. The summed E-state index contributed by atoms with van der Waals surface area (Å²) in [5.41, 5.74) is 2.98. The molecule has 1 heterocycles. The van der Waals surface area contributed by atoms with E-state index in [4.69, 9.17) is 0 Å². The summed E-state index contributed by atoms with van der Waals surface area (Å²) in [6, 6.07) is 5.96. The molecule has 0 bridgehead atoms. The Bertz CT molecular complexity index is 583. The monoisotopic (exact) mass is 300 g/mol. The van der Waals surface area contributed by atoms with Crippen LogP contribution in [0.2, 0.25) is 0 Å². The Morgan fingerprint density at radius 1 is 0.955 bits per heavy atom. The minimum absolute atomic E-state index is 0.0821. The standard InChI is InChI=1S/C18H24N2O2/c1-12-8-13(2)10-15(9-12)17(21)19-4-6-20(7-5-19)18(22)16-11-14(16)3/h8-10,14,16H,4-7,11H2,1-3H3/t14-,16+/m0/s1. The van der Waals surface area contributed by atoms with E-state index < -0.39 is 0 Å². The van der Waals surface area contributed by atoms with Crippen molar-refractivity contribution in [3.05, 3.63) is 34.9 Å². The van der Waals surface area contributed by atoms with Gasteiger partial charge >= 0.3 is 0 Å². The summed E-state index contributed by atoms with van der Waals surface area (Å²) < 4.78 is 0. The highest BCUT2D eigenvalue weighted by Gasteiger charge is 2.42. The molecule has 2 amide bonds. The van der Waals surface area contributed by atoms with Crippen molar-refractivity contribution in [2.24, 2.45) is 11.8 Å². The number of carbonyl (C=O) groups excluding carboxylic acids is 2. The first-order chi connectivity index (χ1) is 10.5. The van der Waals surface area contributed by atoms with E-state index in [1.54, 1.807) is 0 Å². The molecule has 4 heteroatoms. The fourth-order valence-electron chi connectivity index (χ4n) is 3.31. The predicted molar refractivity (Wildman–Crippen MR) is 85.7 cm³/mol. The van der Waals surface area contributed by atoms with E-state index in [2.05, 4.69) is 13.0 Å². The minimum atomic E-state index is 0.0821. The molecule has 1 aromatic carbocycles. The summed E-state index contributed by atoms with van der Waals surface area (Å²) in [6.07, 6.45) is 1.03. The van der Waals surface area contributed by atoms with Crippen molar-refractivity contribution in [3.8, 4) is 0 Å². The maximum absolute atomic E-state index is 12.6. The van der Waals surface area contributed by atoms with E-state index in [9.17, 15) is 9.59 Å². The molecule has 22 heavy (non-hydrogen) atoms. The Balaban J connectivity index is 1.61. The molecule has 0 radical (unpaired) electrons. The van der Waals surface area contributed by atoms with Gasteiger partial charge in [0.05, 0.1) is 0 Å². The number of benzene rings is 1. The number of aryl methyl sites for hydroxylation is 2. The number of piperazine rings is 1. The lowest BCUT2D eigenvalue weighted by Crippen LogP contribution is -2.51. The van der Waals surface area contributed by atoms with Crippen LogP contribution in [0.1, 0.15) is 34.8 Å². The van der Waals surface area contributed by atoms with E-state index >= 15 is 0 Å². The van der Waals surface area contributed by atoms with Crippen molar-refractivity contribution in [2.45, 2.75) is 27.2 Å². The van der Waals surface area contributed by atoms with Gasteiger partial charge in [-0.15, -0.1) is 0 Å². The van der Waals surface area contributed by atoms with Gasteiger partial charge in [0.1, 0.15) is 0 Å². The molecular formula is C18H24N2O2. The van der Waals surface area contributed by atoms with Gasteiger partial charge in [-0.3, -0.25) is 9.59 Å². The zero-order valence-corrected chi connectivity index (χ0v) is 13.6. The van der Waals surface area contributed by atoms with Gasteiger partial charge < -0.3 is 9.80 Å². The Morgan fingerprint density at radius 2 is 1.45 bits per heavy atom. The number of carbonyl (C=O) groups is 2. The first-order valence-corrected chi connectivity index (χ1v) is 8.12. The second kappa shape index (κ2) is 5.75. The molecular weight excluding hydrogens is 276 g/mol. The smallest absolute Gasteiger partial charge is 0.253 e. The molecule has 1 aromatic rings. The van der Waals surface area contributed by atoms with Gasteiger partial charge in [-0.1, -0.05) is 24.1 Å². The van der Waals surface area contributed by atoms with Gasteiger partial charge in [-0.2, -0.15) is 0 Å². The van der Waals surface area contributed by atoms with Crippen LogP contribution in [0, 0.1) is 25.7 Å². The maximum atomic E-state index is 12.6. The van der Waals surface area contributed by atoms with Gasteiger partial charge in [-0.25, -0.2) is 0 Å². The van der Waals surface area contributed by atoms with E-state index in [1.807, 2.05) is 35.8 Å². The van der Waals surface area contributed by atoms with Crippen molar-refractivity contribution in [3.63, 3.8) is 0 Å². The van der Waals surface area contributed by atoms with Crippen LogP contribution in [0.4, 0.5) is 0 Å². The molecule has 118 valence electrons. The van der Waals surface area contributed by atoms with E-state index in [1.165, 1.54) is 0 Å². The third-order valence-electron chi connectivity index (χ3n) is 4.77. The number of nitrogens with zero attached hydrogens (tertiary/aromatic N) is 2. The third kappa shape index (κ3) is 3.01. The zero-order valence-electron chi connectivity index (χ0n) is 13.6. The molecule has 2 atom stereocenters. The number of rotatable bonds is 2. The first kappa shape index (κ1) is 15.1. The lowest BCUT2D eigenvalue weighted by atomic mass is 10.1. The van der Waals surface area contributed by atoms with Crippen molar-refractivity contribution in [1.29, 1.82) is 0 Å². The van der Waals surface area contributed by atoms with Crippen molar-refractivity contribution in [2.75, 3.05) is 26.2 Å². The Labute approximate surface area is 132 Å². The minimum Gasteiger partial charge on any atom is -0.339 e. The lowest BCUT2D eigenvalue weighted by Gasteiger charge is -2.35. The summed E-state index contributed by atoms with van der Waals surface area (Å²) in [5, 5.41) is 0. The second-order valence-corrected chi connectivity index (χ2v) is 6.81. The van der Waals surface area contributed by atoms with Gasteiger partial charge in [0.2, 0.25) is 5.91 Å². The fourth-order valence-corrected chi connectivity index (χ4v) is 3.31. The molecule has 1 saturated heterocycles. The maximum Gasteiger partial charge on any atom is 0.253 e. The molecule has 0 aromatic heterocycles. The molecule has 4 nitrogen and oxygen atoms in total. The zero-order chi connectivity index (χ0) is 15.9. The van der Waals surface area contributed by atoms with Crippen LogP contribution in [0.25, 0.3) is 0 Å². The summed E-state index contributed by atoms with van der Waals surface area (Å²) in [5.74, 6) is 1.15. The molecule has 2 aliphatic rings. The number of hydrogen-bond acceptors (Lipinski definition) is 2. The Kier molecular flexibility index (Phi) is 3.94.